The summed E-state index contributed by atoms with van der Waals surface area (Å²) < 4.78 is 13.5. The van der Waals surface area contributed by atoms with E-state index in [2.05, 4.69) is 56.9 Å². The van der Waals surface area contributed by atoms with Crippen LogP contribution in [0.15, 0.2) is 29.3 Å². The van der Waals surface area contributed by atoms with E-state index in [-0.39, 0.29) is 0 Å². The Labute approximate surface area is 184 Å². The minimum absolute atomic E-state index is 0.296. The number of rotatable bonds is 7. The van der Waals surface area contributed by atoms with Gasteiger partial charge in [0.1, 0.15) is 5.82 Å². The zero-order valence-electron chi connectivity index (χ0n) is 18.6. The van der Waals surface area contributed by atoms with Crippen molar-refractivity contribution in [2.75, 3.05) is 20.3 Å². The SMILES string of the molecule is CCc1nc2n(n1)CC(NC(=NC)NCc1cccc(COC3CCOCC3)c1)CC2. The molecule has 0 aliphatic carbocycles. The van der Waals surface area contributed by atoms with Gasteiger partial charge in [-0.05, 0) is 30.4 Å². The van der Waals surface area contributed by atoms with E-state index in [1.807, 2.05) is 11.7 Å². The number of aliphatic imine (C=N–C) groups is 1. The number of hydrogen-bond acceptors (Lipinski definition) is 5. The normalized spacial score (nSPS) is 19.8. The van der Waals surface area contributed by atoms with E-state index >= 15 is 0 Å². The molecule has 1 saturated heterocycles. The maximum absolute atomic E-state index is 6.06. The number of nitrogens with zero attached hydrogens (tertiary/aromatic N) is 4. The van der Waals surface area contributed by atoms with Crippen molar-refractivity contribution in [1.29, 1.82) is 0 Å². The standard InChI is InChI=1S/C23H34N6O2/c1-3-21-27-22-8-7-19(15-29(22)28-21)26-23(24-2)25-14-17-5-4-6-18(13-17)16-31-20-9-11-30-12-10-20/h4-6,13,19-20H,3,7-12,14-16H2,1-2H3,(H2,24,25,26). The van der Waals surface area contributed by atoms with Gasteiger partial charge in [-0.3, -0.25) is 4.99 Å². The highest BCUT2D eigenvalue weighted by atomic mass is 16.5. The summed E-state index contributed by atoms with van der Waals surface area (Å²) >= 11 is 0. The van der Waals surface area contributed by atoms with E-state index in [0.717, 1.165) is 69.5 Å². The second-order valence-electron chi connectivity index (χ2n) is 8.23. The van der Waals surface area contributed by atoms with Crippen LogP contribution in [0, 0.1) is 0 Å². The lowest BCUT2D eigenvalue weighted by molar-refractivity contribution is -0.0390. The molecule has 1 unspecified atom stereocenters. The maximum atomic E-state index is 6.06. The van der Waals surface area contributed by atoms with E-state index < -0.39 is 0 Å². The van der Waals surface area contributed by atoms with Crippen molar-refractivity contribution in [3.8, 4) is 0 Å². The molecule has 0 radical (unpaired) electrons. The van der Waals surface area contributed by atoms with Crippen LogP contribution in [-0.4, -0.2) is 53.1 Å². The zero-order valence-corrected chi connectivity index (χ0v) is 18.6. The van der Waals surface area contributed by atoms with Crippen molar-refractivity contribution in [3.05, 3.63) is 47.0 Å². The number of aromatic nitrogens is 3. The first-order chi connectivity index (χ1) is 15.2. The molecule has 0 amide bonds. The first-order valence-electron chi connectivity index (χ1n) is 11.4. The van der Waals surface area contributed by atoms with E-state index in [1.54, 1.807) is 0 Å². The molecule has 1 aromatic heterocycles. The molecular formula is C23H34N6O2. The van der Waals surface area contributed by atoms with Gasteiger partial charge in [0.15, 0.2) is 11.8 Å². The summed E-state index contributed by atoms with van der Waals surface area (Å²) in [6.45, 7) is 5.88. The van der Waals surface area contributed by atoms with Crippen LogP contribution >= 0.6 is 0 Å². The summed E-state index contributed by atoms with van der Waals surface area (Å²) in [5, 5.41) is 11.6. The largest absolute Gasteiger partial charge is 0.381 e. The number of benzene rings is 1. The van der Waals surface area contributed by atoms with Crippen LogP contribution in [0.3, 0.4) is 0 Å². The summed E-state index contributed by atoms with van der Waals surface area (Å²) in [6, 6.07) is 8.85. The van der Waals surface area contributed by atoms with Crippen molar-refractivity contribution < 1.29 is 9.47 Å². The molecule has 2 aliphatic heterocycles. The predicted octanol–water partition coefficient (Wildman–Crippen LogP) is 2.22. The molecule has 0 bridgehead atoms. The van der Waals surface area contributed by atoms with E-state index in [9.17, 15) is 0 Å². The Bertz CT molecular complexity index is 875. The van der Waals surface area contributed by atoms with Gasteiger partial charge in [-0.15, -0.1) is 0 Å². The number of nitrogens with one attached hydrogen (secondary N) is 2. The molecule has 8 heteroatoms. The summed E-state index contributed by atoms with van der Waals surface area (Å²) in [6.07, 6.45) is 5.13. The smallest absolute Gasteiger partial charge is 0.191 e. The molecule has 0 saturated carbocycles. The Morgan fingerprint density at radius 1 is 1.26 bits per heavy atom. The predicted molar refractivity (Wildman–Crippen MR) is 120 cm³/mol. The Morgan fingerprint density at radius 3 is 2.90 bits per heavy atom. The highest BCUT2D eigenvalue weighted by Gasteiger charge is 2.22. The number of fused-ring (bicyclic) bond motifs is 1. The molecule has 1 aromatic carbocycles. The Hall–Kier alpha value is -2.45. The average Bonchev–Trinajstić information content (AvgIpc) is 3.24. The second-order valence-corrected chi connectivity index (χ2v) is 8.23. The summed E-state index contributed by atoms with van der Waals surface area (Å²) in [4.78, 5) is 9.00. The molecule has 3 heterocycles. The van der Waals surface area contributed by atoms with E-state index in [1.165, 1.54) is 11.1 Å². The quantitative estimate of drug-likeness (QED) is 0.522. The first kappa shape index (κ1) is 21.8. The lowest BCUT2D eigenvalue weighted by atomic mass is 10.1. The molecule has 0 spiro atoms. The van der Waals surface area contributed by atoms with Gasteiger partial charge in [-0.25, -0.2) is 9.67 Å². The van der Waals surface area contributed by atoms with Crippen LogP contribution in [0.1, 0.15) is 49.0 Å². The van der Waals surface area contributed by atoms with E-state index in [0.29, 0.717) is 25.3 Å². The Balaban J connectivity index is 1.26. The highest BCUT2D eigenvalue weighted by Crippen LogP contribution is 2.15. The monoisotopic (exact) mass is 426 g/mol. The average molecular weight is 427 g/mol. The first-order valence-corrected chi connectivity index (χ1v) is 11.4. The maximum Gasteiger partial charge on any atom is 0.191 e. The lowest BCUT2D eigenvalue weighted by Gasteiger charge is -2.25. The van der Waals surface area contributed by atoms with Crippen LogP contribution in [0.4, 0.5) is 0 Å². The van der Waals surface area contributed by atoms with Gasteiger partial charge in [-0.2, -0.15) is 5.10 Å². The number of hydrogen-bond donors (Lipinski definition) is 2. The topological polar surface area (TPSA) is 85.6 Å². The van der Waals surface area contributed by atoms with Gasteiger partial charge in [0.25, 0.3) is 0 Å². The van der Waals surface area contributed by atoms with Crippen LogP contribution in [0.25, 0.3) is 0 Å². The van der Waals surface area contributed by atoms with Crippen molar-refractivity contribution in [2.24, 2.45) is 4.99 Å². The fourth-order valence-electron chi connectivity index (χ4n) is 4.09. The van der Waals surface area contributed by atoms with Gasteiger partial charge in [0.05, 0.1) is 19.3 Å². The molecule has 4 rings (SSSR count). The minimum atomic E-state index is 0.296. The van der Waals surface area contributed by atoms with Crippen LogP contribution in [0.5, 0.6) is 0 Å². The van der Waals surface area contributed by atoms with Gasteiger partial charge in [-0.1, -0.05) is 31.2 Å². The summed E-state index contributed by atoms with van der Waals surface area (Å²) in [5.41, 5.74) is 2.41. The second kappa shape index (κ2) is 10.7. The highest BCUT2D eigenvalue weighted by molar-refractivity contribution is 5.79. The molecule has 2 aliphatic rings. The van der Waals surface area contributed by atoms with Crippen LogP contribution in [0.2, 0.25) is 0 Å². The van der Waals surface area contributed by atoms with Gasteiger partial charge < -0.3 is 20.1 Å². The molecule has 2 aromatic rings. The third-order valence-corrected chi connectivity index (χ3v) is 5.89. The van der Waals surface area contributed by atoms with Gasteiger partial charge >= 0.3 is 0 Å². The third-order valence-electron chi connectivity index (χ3n) is 5.89. The molecule has 1 fully saturated rings. The van der Waals surface area contributed by atoms with Crippen molar-refractivity contribution in [3.63, 3.8) is 0 Å². The molecule has 1 atom stereocenters. The molecule has 31 heavy (non-hydrogen) atoms. The van der Waals surface area contributed by atoms with Crippen LogP contribution in [-0.2, 0) is 42.0 Å². The summed E-state index contributed by atoms with van der Waals surface area (Å²) in [7, 11) is 1.81. The number of ether oxygens (including phenoxy) is 2. The van der Waals surface area contributed by atoms with Gasteiger partial charge in [0, 0.05) is 45.7 Å². The zero-order chi connectivity index (χ0) is 21.5. The third kappa shape index (κ3) is 6.04. The number of guanidine groups is 1. The molecule has 168 valence electrons. The number of aryl methyl sites for hydroxylation is 2. The fourth-order valence-corrected chi connectivity index (χ4v) is 4.09. The summed E-state index contributed by atoms with van der Waals surface area (Å²) in [5.74, 6) is 2.84. The molecule has 2 N–H and O–H groups in total. The fraction of sp³-hybridized carbons (Fsp3) is 0.609. The Kier molecular flexibility index (Phi) is 7.53. The molecular weight excluding hydrogens is 392 g/mol. The van der Waals surface area contributed by atoms with E-state index in [4.69, 9.17) is 9.47 Å². The van der Waals surface area contributed by atoms with Gasteiger partial charge in [0.2, 0.25) is 0 Å². The Morgan fingerprint density at radius 2 is 2.10 bits per heavy atom. The van der Waals surface area contributed by atoms with Crippen LogP contribution < -0.4 is 10.6 Å². The molecule has 8 nitrogen and oxygen atoms in total. The van der Waals surface area contributed by atoms with Crippen molar-refractivity contribution in [1.82, 2.24) is 25.4 Å². The minimum Gasteiger partial charge on any atom is -0.381 e. The van der Waals surface area contributed by atoms with Crippen molar-refractivity contribution in [2.45, 2.75) is 70.9 Å². The van der Waals surface area contributed by atoms with Crippen molar-refractivity contribution >= 4 is 5.96 Å². The lowest BCUT2D eigenvalue weighted by Crippen LogP contribution is -2.46.